The summed E-state index contributed by atoms with van der Waals surface area (Å²) < 4.78 is 23.1. The molecule has 2 aromatic heterocycles. The van der Waals surface area contributed by atoms with E-state index in [0.29, 0.717) is 60.5 Å². The van der Waals surface area contributed by atoms with Crippen molar-refractivity contribution in [3.8, 4) is 23.0 Å². The highest BCUT2D eigenvalue weighted by molar-refractivity contribution is 5.93. The molecule has 0 unspecified atom stereocenters. The van der Waals surface area contributed by atoms with Crippen molar-refractivity contribution in [3.63, 3.8) is 0 Å². The molecule has 13 heteroatoms. The molecule has 4 heterocycles. The zero-order chi connectivity index (χ0) is 46.7. The van der Waals surface area contributed by atoms with Crippen LogP contribution < -0.4 is 24.3 Å². The molecule has 4 fully saturated rings. The van der Waals surface area contributed by atoms with E-state index in [2.05, 4.69) is 75.9 Å². The van der Waals surface area contributed by atoms with Crippen molar-refractivity contribution >= 4 is 11.9 Å². The Morgan fingerprint density at radius 3 is 1.42 bits per heavy atom. The van der Waals surface area contributed by atoms with Gasteiger partial charge in [0.05, 0.1) is 27.4 Å². The van der Waals surface area contributed by atoms with E-state index >= 15 is 0 Å². The fourth-order valence-corrected chi connectivity index (χ4v) is 7.96. The quantitative estimate of drug-likeness (QED) is 0.0732. The van der Waals surface area contributed by atoms with Gasteiger partial charge in [-0.3, -0.25) is 9.78 Å². The maximum absolute atomic E-state index is 12.7. The Balaban J connectivity index is 0.000000154. The number of carboxylic acids is 1. The molecule has 2 saturated carbocycles. The van der Waals surface area contributed by atoms with E-state index < -0.39 is 5.97 Å². The second kappa shape index (κ2) is 22.1. The molecule has 6 aromatic rings. The van der Waals surface area contributed by atoms with Crippen LogP contribution in [0.15, 0.2) is 122 Å². The van der Waals surface area contributed by atoms with Crippen molar-refractivity contribution < 1.29 is 43.9 Å². The molecule has 1 amide bonds. The minimum atomic E-state index is -1.08. The third-order valence-electron chi connectivity index (χ3n) is 12.6. The molecule has 13 nitrogen and oxygen atoms in total. The van der Waals surface area contributed by atoms with Crippen LogP contribution in [0.2, 0.25) is 0 Å². The first kappa shape index (κ1) is 46.7. The number of amides is 1. The number of pyridine rings is 2. The Bertz CT molecular complexity index is 2600. The summed E-state index contributed by atoms with van der Waals surface area (Å²) in [6.45, 7) is 4.15. The van der Waals surface area contributed by atoms with Gasteiger partial charge in [-0.25, -0.2) is 9.78 Å². The van der Waals surface area contributed by atoms with Gasteiger partial charge in [0.15, 0.2) is 23.0 Å². The van der Waals surface area contributed by atoms with Gasteiger partial charge in [0.1, 0.15) is 24.6 Å². The standard InChI is InChI=1S/C27H28N2O4.C20H23NO2.C7H7NO3/c1-32-26-13-22(23-14-29(15-23)27(31)24-12-19(16-30)10-11-28-24)8-9-25(26)33-17-18-2-4-20(5-3-18)21-6-7-21;1-22-20-10-17(18-11-21-12-18)8-9-19(20)23-13-14-2-4-15(5-3-14)16-6-7-16;9-4-5-1-2-8-6(3-5)7(10)11/h2-5,8-13,21,23,30H,6-7,14-17H2,1H3;2-5,8-10,16,18,21H,6-7,11-13H2,1H3;1-3,9H,4H2,(H,10,11). The Hall–Kier alpha value is -6.80. The molecule has 2 aliphatic carbocycles. The van der Waals surface area contributed by atoms with E-state index in [0.717, 1.165) is 47.6 Å². The number of hydrogen-bond acceptors (Lipinski definition) is 11. The molecule has 4 aromatic carbocycles. The highest BCUT2D eigenvalue weighted by Crippen LogP contribution is 2.41. The van der Waals surface area contributed by atoms with Crippen LogP contribution in [0.3, 0.4) is 0 Å². The number of rotatable bonds is 16. The molecule has 2 aliphatic heterocycles. The van der Waals surface area contributed by atoms with Crippen LogP contribution in [0, 0.1) is 0 Å². The average molecular weight is 907 g/mol. The Morgan fingerprint density at radius 2 is 1.00 bits per heavy atom. The summed E-state index contributed by atoms with van der Waals surface area (Å²) in [6.07, 6.45) is 8.21. The van der Waals surface area contributed by atoms with E-state index in [1.54, 1.807) is 43.5 Å². The van der Waals surface area contributed by atoms with Crippen LogP contribution in [0.5, 0.6) is 23.0 Å². The molecule has 0 bridgehead atoms. The third-order valence-corrected chi connectivity index (χ3v) is 12.6. The number of aliphatic hydroxyl groups is 2. The van der Waals surface area contributed by atoms with Crippen molar-refractivity contribution in [1.29, 1.82) is 0 Å². The monoisotopic (exact) mass is 906 g/mol. The molecule has 0 atom stereocenters. The lowest BCUT2D eigenvalue weighted by Crippen LogP contribution is -2.48. The number of methoxy groups -OCH3 is 2. The number of aromatic carboxylic acids is 1. The number of hydrogen-bond donors (Lipinski definition) is 4. The van der Waals surface area contributed by atoms with Crippen molar-refractivity contribution in [2.45, 2.75) is 75.8 Å². The molecule has 10 rings (SSSR count). The number of carbonyl (C=O) groups excluding carboxylic acids is 1. The summed E-state index contributed by atoms with van der Waals surface area (Å²) in [5.74, 6) is 4.26. The first-order valence-electron chi connectivity index (χ1n) is 22.9. The van der Waals surface area contributed by atoms with Gasteiger partial charge < -0.3 is 44.5 Å². The second-order valence-corrected chi connectivity index (χ2v) is 17.4. The van der Waals surface area contributed by atoms with Crippen molar-refractivity contribution in [3.05, 3.63) is 177 Å². The molecular formula is C54H58N4O9. The first-order chi connectivity index (χ1) is 32.7. The third kappa shape index (κ3) is 12.4. The van der Waals surface area contributed by atoms with Crippen LogP contribution in [-0.2, 0) is 26.4 Å². The first-order valence-corrected chi connectivity index (χ1v) is 22.9. The Morgan fingerprint density at radius 1 is 0.552 bits per heavy atom. The van der Waals surface area contributed by atoms with Crippen LogP contribution in [-0.4, -0.2) is 82.5 Å². The normalized spacial score (nSPS) is 15.4. The number of carboxylic acid groups (broad SMARTS) is 1. The van der Waals surface area contributed by atoms with E-state index in [9.17, 15) is 14.7 Å². The van der Waals surface area contributed by atoms with E-state index in [1.807, 2.05) is 24.3 Å². The number of aromatic nitrogens is 2. The highest BCUT2D eigenvalue weighted by Gasteiger charge is 2.33. The smallest absolute Gasteiger partial charge is 0.354 e. The molecule has 2 saturated heterocycles. The predicted octanol–water partition coefficient (Wildman–Crippen LogP) is 8.39. The number of nitrogens with one attached hydrogen (secondary N) is 1. The maximum Gasteiger partial charge on any atom is 0.354 e. The van der Waals surface area contributed by atoms with Gasteiger partial charge in [0, 0.05) is 50.4 Å². The highest BCUT2D eigenvalue weighted by atomic mass is 16.5. The Labute approximate surface area is 391 Å². The summed E-state index contributed by atoms with van der Waals surface area (Å²) in [5.41, 5.74) is 9.22. The molecule has 0 radical (unpaired) electrons. The number of nitrogens with zero attached hydrogens (tertiary/aromatic N) is 3. The Kier molecular flexibility index (Phi) is 15.4. The molecule has 4 aliphatic rings. The molecular weight excluding hydrogens is 849 g/mol. The van der Waals surface area contributed by atoms with Crippen molar-refractivity contribution in [1.82, 2.24) is 20.2 Å². The molecule has 67 heavy (non-hydrogen) atoms. The zero-order valence-corrected chi connectivity index (χ0v) is 38.0. The summed E-state index contributed by atoms with van der Waals surface area (Å²) in [7, 11) is 3.35. The van der Waals surface area contributed by atoms with Crippen LogP contribution in [0.4, 0.5) is 0 Å². The lowest BCUT2D eigenvalue weighted by Gasteiger charge is -2.39. The van der Waals surface area contributed by atoms with Crippen LogP contribution in [0.25, 0.3) is 0 Å². The number of aliphatic hydroxyl groups excluding tert-OH is 2. The molecule has 4 N–H and O–H groups in total. The minimum absolute atomic E-state index is 0.0449. The SMILES string of the molecule is COc1cc(C2CN(C(=O)c3cc(CO)ccn3)C2)ccc1OCc1ccc(C2CC2)cc1.COc1cc(C2CNC2)ccc1OCc1ccc(C2CC2)cc1.O=C(O)c1cc(CO)ccn1. The lowest BCUT2D eigenvalue weighted by atomic mass is 9.91. The fraction of sp³-hybridized carbons (Fsp3) is 0.333. The molecule has 348 valence electrons. The van der Waals surface area contributed by atoms with E-state index in [4.69, 9.17) is 29.2 Å². The number of ether oxygens (including phenoxy) is 4. The van der Waals surface area contributed by atoms with Gasteiger partial charge in [-0.05, 0) is 131 Å². The number of likely N-dealkylation sites (tertiary alicyclic amines) is 1. The van der Waals surface area contributed by atoms with Gasteiger partial charge in [0.2, 0.25) is 0 Å². The van der Waals surface area contributed by atoms with Gasteiger partial charge in [-0.1, -0.05) is 60.7 Å². The second-order valence-electron chi connectivity index (χ2n) is 17.4. The number of benzene rings is 4. The van der Waals surface area contributed by atoms with Gasteiger partial charge in [-0.15, -0.1) is 0 Å². The minimum Gasteiger partial charge on any atom is -0.493 e. The number of carbonyl (C=O) groups is 2. The summed E-state index contributed by atoms with van der Waals surface area (Å²) in [4.78, 5) is 32.5. The summed E-state index contributed by atoms with van der Waals surface area (Å²) in [6, 6.07) is 36.0. The van der Waals surface area contributed by atoms with Crippen LogP contribution in [0.1, 0.15) is 115 Å². The van der Waals surface area contributed by atoms with Gasteiger partial charge in [-0.2, -0.15) is 0 Å². The van der Waals surface area contributed by atoms with Crippen LogP contribution >= 0.6 is 0 Å². The van der Waals surface area contributed by atoms with E-state index in [-0.39, 0.29) is 30.7 Å². The summed E-state index contributed by atoms with van der Waals surface area (Å²) >= 11 is 0. The van der Waals surface area contributed by atoms with Gasteiger partial charge in [0.25, 0.3) is 5.91 Å². The molecule has 0 spiro atoms. The van der Waals surface area contributed by atoms with Crippen molar-refractivity contribution in [2.24, 2.45) is 0 Å². The predicted molar refractivity (Wildman–Crippen MR) is 253 cm³/mol. The fourth-order valence-electron chi connectivity index (χ4n) is 7.96. The largest absolute Gasteiger partial charge is 0.493 e. The topological polar surface area (TPSA) is 173 Å². The van der Waals surface area contributed by atoms with E-state index in [1.165, 1.54) is 60.2 Å². The zero-order valence-electron chi connectivity index (χ0n) is 38.0. The van der Waals surface area contributed by atoms with Crippen molar-refractivity contribution in [2.75, 3.05) is 40.4 Å². The summed E-state index contributed by atoms with van der Waals surface area (Å²) in [5, 5.41) is 29.7. The lowest BCUT2D eigenvalue weighted by molar-refractivity contribution is 0.0595. The average Bonchev–Trinajstić information content (AvgIpc) is 4.28. The maximum atomic E-state index is 12.7. The van der Waals surface area contributed by atoms with Gasteiger partial charge >= 0.3 is 5.97 Å².